The van der Waals surface area contributed by atoms with E-state index in [-0.39, 0.29) is 11.8 Å². The molecule has 3 heteroatoms. The minimum absolute atomic E-state index is 0.134. The van der Waals surface area contributed by atoms with Crippen LogP contribution >= 0.6 is 0 Å². The van der Waals surface area contributed by atoms with Gasteiger partial charge in [-0.3, -0.25) is 0 Å². The molecule has 2 aromatic heterocycles. The topological polar surface area (TPSA) is 25.8 Å². The van der Waals surface area contributed by atoms with Gasteiger partial charge in [-0.1, -0.05) is 0 Å². The Morgan fingerprint density at radius 1 is 0.373 bits per heavy atom. The molecule has 2 aliphatic carbocycles. The summed E-state index contributed by atoms with van der Waals surface area (Å²) in [5.41, 5.74) is 12.8. The zero-order valence-corrected chi connectivity index (χ0v) is 30.3. The van der Waals surface area contributed by atoms with Crippen LogP contribution in [-0.2, 0) is 23.2 Å². The van der Waals surface area contributed by atoms with E-state index in [9.17, 15) is 0 Å². The number of fused-ring (bicyclic) bond motifs is 4. The fraction of sp³-hybridized carbons (Fsp3) is 0.0417. The van der Waals surface area contributed by atoms with Crippen molar-refractivity contribution in [1.82, 2.24) is 9.97 Å². The molecule has 2 aliphatic rings. The van der Waals surface area contributed by atoms with E-state index in [0.29, 0.717) is 0 Å². The molecule has 0 saturated carbocycles. The molecule has 0 radical (unpaired) electrons. The molecule has 0 aliphatic heterocycles. The number of benzene rings is 6. The molecule has 10 rings (SSSR count). The molecule has 0 spiro atoms. The van der Waals surface area contributed by atoms with Crippen molar-refractivity contribution in [3.8, 4) is 22.3 Å². The Morgan fingerprint density at radius 2 is 0.784 bits per heavy atom. The SMILES string of the molecule is C1=[C]([Zr][C]2=Cc3c(-c4cccc5ccccc45)cccc3C2c2ccccn2)C(c2ccccn2)c2cccc(-c3cccc4ccccc34)c21. The second-order valence-corrected chi connectivity index (χ2v) is 16.8. The molecule has 2 unspecified atom stereocenters. The second kappa shape index (κ2) is 12.7. The Balaban J connectivity index is 1.15. The molecular formula is C48H32N2Zr. The zero-order valence-electron chi connectivity index (χ0n) is 27.9. The molecule has 2 atom stereocenters. The van der Waals surface area contributed by atoms with Crippen LogP contribution in [0, 0.1) is 0 Å². The first kappa shape index (κ1) is 30.3. The normalized spacial score (nSPS) is 16.1. The fourth-order valence-electron chi connectivity index (χ4n) is 8.31. The number of pyridine rings is 2. The minimum atomic E-state index is -1.38. The van der Waals surface area contributed by atoms with E-state index < -0.39 is 23.2 Å². The molecule has 51 heavy (non-hydrogen) atoms. The summed E-state index contributed by atoms with van der Waals surface area (Å²) in [6, 6.07) is 57.3. The molecule has 0 bridgehead atoms. The monoisotopic (exact) mass is 726 g/mol. The predicted octanol–water partition coefficient (Wildman–Crippen LogP) is 11.9. The van der Waals surface area contributed by atoms with E-state index in [0.717, 1.165) is 11.4 Å². The summed E-state index contributed by atoms with van der Waals surface area (Å²) in [7, 11) is 0. The van der Waals surface area contributed by atoms with Crippen LogP contribution in [0.4, 0.5) is 0 Å². The molecule has 8 aromatic rings. The van der Waals surface area contributed by atoms with Crippen LogP contribution in [0.2, 0.25) is 0 Å². The van der Waals surface area contributed by atoms with Crippen LogP contribution in [0.15, 0.2) is 177 Å². The molecule has 0 N–H and O–H groups in total. The third-order valence-corrected chi connectivity index (χ3v) is 14.1. The quantitative estimate of drug-likeness (QED) is 0.170. The second-order valence-electron chi connectivity index (χ2n) is 13.4. The zero-order chi connectivity index (χ0) is 33.7. The van der Waals surface area contributed by atoms with Gasteiger partial charge in [-0.25, -0.2) is 0 Å². The predicted molar refractivity (Wildman–Crippen MR) is 207 cm³/mol. The van der Waals surface area contributed by atoms with Crippen LogP contribution in [0.3, 0.4) is 0 Å². The summed E-state index contributed by atoms with van der Waals surface area (Å²) in [6.07, 6.45) is 8.98. The first-order valence-electron chi connectivity index (χ1n) is 17.6. The Kier molecular flexibility index (Phi) is 7.54. The van der Waals surface area contributed by atoms with Gasteiger partial charge in [0, 0.05) is 0 Å². The first-order chi connectivity index (χ1) is 25.3. The average molecular weight is 728 g/mol. The number of rotatable bonds is 6. The van der Waals surface area contributed by atoms with Crippen LogP contribution in [0.5, 0.6) is 0 Å². The fourth-order valence-corrected chi connectivity index (χ4v) is 12.4. The molecular weight excluding hydrogens is 696 g/mol. The average Bonchev–Trinajstić information content (AvgIpc) is 3.76. The van der Waals surface area contributed by atoms with E-state index >= 15 is 0 Å². The maximum atomic E-state index is 4.99. The summed E-state index contributed by atoms with van der Waals surface area (Å²) in [6.45, 7) is 0. The van der Waals surface area contributed by atoms with Gasteiger partial charge in [0.1, 0.15) is 0 Å². The van der Waals surface area contributed by atoms with Gasteiger partial charge in [0.2, 0.25) is 0 Å². The number of aromatic nitrogens is 2. The third kappa shape index (κ3) is 5.19. The molecule has 0 saturated heterocycles. The molecule has 6 aromatic carbocycles. The van der Waals surface area contributed by atoms with Crippen molar-refractivity contribution in [2.24, 2.45) is 0 Å². The summed E-state index contributed by atoms with van der Waals surface area (Å²) >= 11 is -1.38. The maximum absolute atomic E-state index is 4.99. The molecule has 238 valence electrons. The van der Waals surface area contributed by atoms with E-state index in [4.69, 9.17) is 9.97 Å². The number of allylic oxidation sites excluding steroid dienone is 2. The molecule has 0 fully saturated rings. The van der Waals surface area contributed by atoms with Crippen LogP contribution in [0.1, 0.15) is 45.5 Å². The van der Waals surface area contributed by atoms with Gasteiger partial charge < -0.3 is 0 Å². The number of hydrogen-bond acceptors (Lipinski definition) is 2. The van der Waals surface area contributed by atoms with Crippen LogP contribution in [0.25, 0.3) is 56.0 Å². The summed E-state index contributed by atoms with van der Waals surface area (Å²) in [5.74, 6) is 0.267. The van der Waals surface area contributed by atoms with Gasteiger partial charge in [-0.15, -0.1) is 0 Å². The van der Waals surface area contributed by atoms with Gasteiger partial charge in [0.15, 0.2) is 0 Å². The van der Waals surface area contributed by atoms with E-state index in [1.807, 2.05) is 24.5 Å². The van der Waals surface area contributed by atoms with E-state index in [1.54, 1.807) is 0 Å². The Morgan fingerprint density at radius 3 is 1.25 bits per heavy atom. The Bertz CT molecular complexity index is 2480. The summed E-state index contributed by atoms with van der Waals surface area (Å²) in [4.78, 5) is 9.98. The molecule has 2 heterocycles. The first-order valence-corrected chi connectivity index (χ1v) is 20.0. The van der Waals surface area contributed by atoms with Gasteiger partial charge in [0.25, 0.3) is 0 Å². The van der Waals surface area contributed by atoms with E-state index in [2.05, 4.69) is 158 Å². The van der Waals surface area contributed by atoms with Gasteiger partial charge in [-0.05, 0) is 0 Å². The Hall–Kier alpha value is -5.50. The van der Waals surface area contributed by atoms with E-state index in [1.165, 1.54) is 72.6 Å². The van der Waals surface area contributed by atoms with Gasteiger partial charge >= 0.3 is 311 Å². The molecule has 0 amide bonds. The van der Waals surface area contributed by atoms with Crippen LogP contribution < -0.4 is 0 Å². The molecule has 2 nitrogen and oxygen atoms in total. The van der Waals surface area contributed by atoms with Crippen LogP contribution in [-0.4, -0.2) is 9.97 Å². The van der Waals surface area contributed by atoms with Crippen molar-refractivity contribution in [2.75, 3.05) is 0 Å². The standard InChI is InChI=1S/2C24H16N.Zr/c2*1-2-9-18-17(7-1)8-5-10-19(18)20-11-6-12-21-22(20)14-15-23(21)24-13-3-4-16-25-24;/h2*1-14,16,23H;. The van der Waals surface area contributed by atoms with Gasteiger partial charge in [-0.2, -0.15) is 0 Å². The third-order valence-electron chi connectivity index (χ3n) is 10.5. The van der Waals surface area contributed by atoms with Crippen molar-refractivity contribution in [3.63, 3.8) is 0 Å². The number of nitrogens with zero attached hydrogens (tertiary/aromatic N) is 2. The van der Waals surface area contributed by atoms with Crippen molar-refractivity contribution < 1.29 is 23.2 Å². The van der Waals surface area contributed by atoms with Crippen molar-refractivity contribution >= 4 is 33.7 Å². The summed E-state index contributed by atoms with van der Waals surface area (Å²) < 4.78 is 3.07. The van der Waals surface area contributed by atoms with Crippen molar-refractivity contribution in [1.29, 1.82) is 0 Å². The summed E-state index contributed by atoms with van der Waals surface area (Å²) in [5, 5.41) is 5.10. The number of hydrogen-bond donors (Lipinski definition) is 0. The van der Waals surface area contributed by atoms with Gasteiger partial charge in [0.05, 0.1) is 0 Å². The Labute approximate surface area is 309 Å². The van der Waals surface area contributed by atoms with Crippen molar-refractivity contribution in [3.05, 3.63) is 210 Å². The van der Waals surface area contributed by atoms with Crippen molar-refractivity contribution in [2.45, 2.75) is 11.8 Å².